The Labute approximate surface area is 188 Å². The molecule has 0 atom stereocenters. The quantitative estimate of drug-likeness (QED) is 0.445. The summed E-state index contributed by atoms with van der Waals surface area (Å²) in [6.07, 6.45) is 3.11. The number of nitrogens with zero attached hydrogens (tertiary/aromatic N) is 4. The monoisotopic (exact) mass is 453 g/mol. The number of pyridine rings is 1. The minimum absolute atomic E-state index is 0.225. The Morgan fingerprint density at radius 1 is 1.16 bits per heavy atom. The summed E-state index contributed by atoms with van der Waals surface area (Å²) in [5.74, 6) is 0.627. The van der Waals surface area contributed by atoms with E-state index in [0.717, 1.165) is 16.3 Å². The molecule has 31 heavy (non-hydrogen) atoms. The van der Waals surface area contributed by atoms with Crippen molar-refractivity contribution in [2.75, 3.05) is 6.54 Å². The van der Waals surface area contributed by atoms with Crippen LogP contribution in [0.5, 0.6) is 0 Å². The number of halogens is 1. The summed E-state index contributed by atoms with van der Waals surface area (Å²) >= 11 is 7.54. The Kier molecular flexibility index (Phi) is 5.84. The van der Waals surface area contributed by atoms with Gasteiger partial charge in [0.25, 0.3) is 5.91 Å². The number of nitrogens with one attached hydrogen (secondary N) is 1. The maximum absolute atomic E-state index is 12.7. The van der Waals surface area contributed by atoms with Crippen LogP contribution in [0.4, 0.5) is 0 Å². The van der Waals surface area contributed by atoms with E-state index < -0.39 is 0 Å². The van der Waals surface area contributed by atoms with E-state index in [2.05, 4.69) is 34.3 Å². The van der Waals surface area contributed by atoms with Crippen molar-refractivity contribution in [1.82, 2.24) is 25.4 Å². The Balaban J connectivity index is 1.45. The van der Waals surface area contributed by atoms with E-state index in [9.17, 15) is 4.79 Å². The lowest BCUT2D eigenvalue weighted by molar-refractivity contribution is 0.0945. The summed E-state index contributed by atoms with van der Waals surface area (Å²) in [4.78, 5) is 25.8. The van der Waals surface area contributed by atoms with Crippen LogP contribution in [-0.2, 0) is 5.41 Å². The number of amides is 1. The molecule has 0 aliphatic rings. The number of benzene rings is 1. The van der Waals surface area contributed by atoms with Gasteiger partial charge < -0.3 is 9.84 Å². The van der Waals surface area contributed by atoms with E-state index in [1.54, 1.807) is 30.5 Å². The average molecular weight is 454 g/mol. The highest BCUT2D eigenvalue weighted by Crippen LogP contribution is 2.30. The summed E-state index contributed by atoms with van der Waals surface area (Å²) in [5, 5.41) is 10.5. The number of carbonyl (C=O) groups is 1. The van der Waals surface area contributed by atoms with Crippen molar-refractivity contribution >= 4 is 28.8 Å². The van der Waals surface area contributed by atoms with E-state index in [4.69, 9.17) is 21.1 Å². The number of aromatic nitrogens is 4. The Bertz CT molecular complexity index is 1220. The normalized spacial score (nSPS) is 11.5. The molecule has 4 rings (SSSR count). The predicted octanol–water partition coefficient (Wildman–Crippen LogP) is 4.92. The van der Waals surface area contributed by atoms with Gasteiger partial charge in [-0.05, 0) is 18.2 Å². The maximum Gasteiger partial charge on any atom is 0.252 e. The van der Waals surface area contributed by atoms with Crippen LogP contribution in [0.3, 0.4) is 0 Å². The van der Waals surface area contributed by atoms with E-state index in [1.807, 2.05) is 29.6 Å². The number of aryl methyl sites for hydroxylation is 1. The van der Waals surface area contributed by atoms with Gasteiger partial charge in [0.2, 0.25) is 11.7 Å². The van der Waals surface area contributed by atoms with E-state index in [-0.39, 0.29) is 11.3 Å². The summed E-state index contributed by atoms with van der Waals surface area (Å²) in [7, 11) is 0. The van der Waals surface area contributed by atoms with Crippen molar-refractivity contribution in [3.63, 3.8) is 0 Å². The molecule has 1 aromatic carbocycles. The molecule has 3 aromatic heterocycles. The summed E-state index contributed by atoms with van der Waals surface area (Å²) in [6.45, 7) is 6.23. The van der Waals surface area contributed by atoms with Crippen molar-refractivity contribution < 1.29 is 9.32 Å². The molecule has 0 fully saturated rings. The van der Waals surface area contributed by atoms with E-state index in [0.29, 0.717) is 34.4 Å². The first kappa shape index (κ1) is 21.1. The highest BCUT2D eigenvalue weighted by Gasteiger charge is 2.26. The van der Waals surface area contributed by atoms with Crippen molar-refractivity contribution in [2.24, 2.45) is 0 Å². The molecule has 3 heterocycles. The van der Waals surface area contributed by atoms with Crippen molar-refractivity contribution in [3.05, 3.63) is 69.6 Å². The third-order valence-corrected chi connectivity index (χ3v) is 6.16. The van der Waals surface area contributed by atoms with Gasteiger partial charge in [-0.3, -0.25) is 9.78 Å². The fourth-order valence-corrected chi connectivity index (χ4v) is 4.00. The van der Waals surface area contributed by atoms with Gasteiger partial charge in [0.15, 0.2) is 0 Å². The summed E-state index contributed by atoms with van der Waals surface area (Å²) < 4.78 is 5.00. The molecule has 0 spiro atoms. The molecule has 0 radical (unpaired) electrons. The van der Waals surface area contributed by atoms with Crippen molar-refractivity contribution in [1.29, 1.82) is 0 Å². The smallest absolute Gasteiger partial charge is 0.252 e. The van der Waals surface area contributed by atoms with Crippen LogP contribution in [0.15, 0.2) is 52.6 Å². The fourth-order valence-electron chi connectivity index (χ4n) is 2.92. The lowest BCUT2D eigenvalue weighted by atomic mass is 9.94. The fraction of sp³-hybridized carbons (Fsp3) is 0.227. The van der Waals surface area contributed by atoms with Crippen LogP contribution in [-0.4, -0.2) is 32.6 Å². The van der Waals surface area contributed by atoms with Gasteiger partial charge in [-0.25, -0.2) is 4.98 Å². The highest BCUT2D eigenvalue weighted by atomic mass is 35.5. The van der Waals surface area contributed by atoms with Gasteiger partial charge in [0.05, 0.1) is 11.3 Å². The second kappa shape index (κ2) is 8.56. The Hall–Kier alpha value is -3.10. The lowest BCUT2D eigenvalue weighted by Crippen LogP contribution is -2.36. The number of hydrogen-bond donors (Lipinski definition) is 1. The first-order chi connectivity index (χ1) is 14.8. The standard InChI is InChI=1S/C22H20ClN5O2S/c1-13-26-19(28-30-13)15-8-16(10-24-9-15)20(29)25-12-22(2,3)21-27-18(11-31-21)14-4-6-17(23)7-5-14/h4-11H,12H2,1-3H3,(H,25,29). The summed E-state index contributed by atoms with van der Waals surface area (Å²) in [6, 6.07) is 9.28. The van der Waals surface area contributed by atoms with Gasteiger partial charge in [0, 0.05) is 52.8 Å². The second-order valence-corrected chi connectivity index (χ2v) is 9.01. The summed E-state index contributed by atoms with van der Waals surface area (Å²) in [5.41, 5.74) is 2.60. The molecule has 158 valence electrons. The zero-order chi connectivity index (χ0) is 22.0. The molecule has 4 aromatic rings. The predicted molar refractivity (Wildman–Crippen MR) is 120 cm³/mol. The van der Waals surface area contributed by atoms with Crippen LogP contribution in [0.1, 0.15) is 35.1 Å². The van der Waals surface area contributed by atoms with Crippen LogP contribution >= 0.6 is 22.9 Å². The molecule has 0 saturated carbocycles. The Morgan fingerprint density at radius 2 is 1.94 bits per heavy atom. The molecule has 0 bridgehead atoms. The Morgan fingerprint density at radius 3 is 2.65 bits per heavy atom. The van der Waals surface area contributed by atoms with Crippen molar-refractivity contribution in [3.8, 4) is 22.6 Å². The molecule has 0 aliphatic heterocycles. The minimum Gasteiger partial charge on any atom is -0.351 e. The molecule has 0 unspecified atom stereocenters. The number of hydrogen-bond acceptors (Lipinski definition) is 7. The van der Waals surface area contributed by atoms with Crippen LogP contribution in [0.2, 0.25) is 5.02 Å². The van der Waals surface area contributed by atoms with Gasteiger partial charge in [0.1, 0.15) is 5.01 Å². The lowest BCUT2D eigenvalue weighted by Gasteiger charge is -2.22. The van der Waals surface area contributed by atoms with Crippen LogP contribution in [0.25, 0.3) is 22.6 Å². The number of carbonyl (C=O) groups excluding carboxylic acids is 1. The third kappa shape index (κ3) is 4.81. The first-order valence-electron chi connectivity index (χ1n) is 9.58. The van der Waals surface area contributed by atoms with Gasteiger partial charge in [-0.15, -0.1) is 11.3 Å². The average Bonchev–Trinajstić information content (AvgIpc) is 3.43. The molecule has 0 saturated heterocycles. The van der Waals surface area contributed by atoms with Crippen LogP contribution < -0.4 is 5.32 Å². The largest absolute Gasteiger partial charge is 0.351 e. The number of rotatable bonds is 6. The van der Waals surface area contributed by atoms with Gasteiger partial charge in [-0.2, -0.15) is 4.98 Å². The zero-order valence-corrected chi connectivity index (χ0v) is 18.8. The molecular weight excluding hydrogens is 434 g/mol. The SMILES string of the molecule is Cc1nc(-c2cncc(C(=O)NCC(C)(C)c3nc(-c4ccc(Cl)cc4)cs3)c2)no1. The minimum atomic E-state index is -0.346. The number of thiazole rings is 1. The second-order valence-electron chi connectivity index (χ2n) is 7.71. The highest BCUT2D eigenvalue weighted by molar-refractivity contribution is 7.10. The van der Waals surface area contributed by atoms with E-state index in [1.165, 1.54) is 6.20 Å². The van der Waals surface area contributed by atoms with Gasteiger partial charge >= 0.3 is 0 Å². The topological polar surface area (TPSA) is 93.8 Å². The maximum atomic E-state index is 12.7. The van der Waals surface area contributed by atoms with Gasteiger partial charge in [-0.1, -0.05) is 42.7 Å². The molecular formula is C22H20ClN5O2S. The molecule has 7 nitrogen and oxygen atoms in total. The molecule has 9 heteroatoms. The van der Waals surface area contributed by atoms with Crippen molar-refractivity contribution in [2.45, 2.75) is 26.2 Å². The zero-order valence-electron chi connectivity index (χ0n) is 17.2. The first-order valence-corrected chi connectivity index (χ1v) is 10.8. The molecule has 0 aliphatic carbocycles. The molecule has 1 amide bonds. The van der Waals surface area contributed by atoms with E-state index >= 15 is 0 Å². The van der Waals surface area contributed by atoms with Crippen LogP contribution in [0, 0.1) is 6.92 Å². The third-order valence-electron chi connectivity index (χ3n) is 4.70. The molecule has 1 N–H and O–H groups in total.